The van der Waals surface area contributed by atoms with Crippen molar-refractivity contribution in [3.05, 3.63) is 44.2 Å². The van der Waals surface area contributed by atoms with Gasteiger partial charge in [-0.3, -0.25) is 0 Å². The molecule has 3 aromatic rings. The van der Waals surface area contributed by atoms with Gasteiger partial charge in [0.15, 0.2) is 0 Å². The summed E-state index contributed by atoms with van der Waals surface area (Å²) in [6, 6.07) is 5.17. The zero-order chi connectivity index (χ0) is 15.1. The molecule has 0 unspecified atom stereocenters. The quantitative estimate of drug-likeness (QED) is 0.617. The van der Waals surface area contributed by atoms with E-state index < -0.39 is 0 Å². The molecule has 0 bridgehead atoms. The number of nitrogen functional groups attached to an aromatic ring is 1. The Labute approximate surface area is 140 Å². The Hall–Kier alpha value is -1.20. The lowest BCUT2D eigenvalue weighted by Crippen LogP contribution is -1.88. The lowest BCUT2D eigenvalue weighted by molar-refractivity contribution is 0.439. The van der Waals surface area contributed by atoms with Gasteiger partial charge in [-0.2, -0.15) is 0 Å². The molecule has 0 aliphatic carbocycles. The lowest BCUT2D eigenvalue weighted by atomic mass is 10.0. The molecule has 2 aromatic heterocycles. The minimum Gasteiger partial charge on any atom is -0.367 e. The van der Waals surface area contributed by atoms with Crippen molar-refractivity contribution in [3.8, 4) is 21.7 Å². The topological polar surface area (TPSA) is 52.0 Å². The second-order valence-corrected chi connectivity index (χ2v) is 6.56. The predicted molar refractivity (Wildman–Crippen MR) is 89.4 cm³/mol. The van der Waals surface area contributed by atoms with Crippen LogP contribution in [0.5, 0.6) is 0 Å². The Morgan fingerprint density at radius 3 is 2.62 bits per heavy atom. The van der Waals surface area contributed by atoms with Crippen molar-refractivity contribution in [2.24, 2.45) is 0 Å². The highest BCUT2D eigenvalue weighted by molar-refractivity contribution is 7.14. The van der Waals surface area contributed by atoms with E-state index in [1.807, 2.05) is 12.3 Å². The van der Waals surface area contributed by atoms with Gasteiger partial charge in [0.25, 0.3) is 0 Å². The molecule has 0 amide bonds. The van der Waals surface area contributed by atoms with Crippen LogP contribution in [0, 0.1) is 6.92 Å². The lowest BCUT2D eigenvalue weighted by Gasteiger charge is -2.05. The summed E-state index contributed by atoms with van der Waals surface area (Å²) in [6.07, 6.45) is 0. The molecule has 0 saturated heterocycles. The van der Waals surface area contributed by atoms with Crippen LogP contribution >= 0.6 is 46.1 Å². The fourth-order valence-corrected chi connectivity index (χ4v) is 3.77. The molecule has 3 rings (SSSR count). The van der Waals surface area contributed by atoms with E-state index in [9.17, 15) is 0 Å². The van der Waals surface area contributed by atoms with Crippen molar-refractivity contribution in [3.63, 3.8) is 0 Å². The van der Waals surface area contributed by atoms with Gasteiger partial charge in [0.05, 0.1) is 20.5 Å². The molecule has 21 heavy (non-hydrogen) atoms. The Bertz CT molecular complexity index is 826. The van der Waals surface area contributed by atoms with Gasteiger partial charge in [0.1, 0.15) is 5.69 Å². The van der Waals surface area contributed by atoms with Crippen LogP contribution in [0.3, 0.4) is 0 Å². The second kappa shape index (κ2) is 5.54. The third kappa shape index (κ3) is 2.53. The summed E-state index contributed by atoms with van der Waals surface area (Å²) in [5.74, 6) is 0.191. The van der Waals surface area contributed by atoms with Crippen LogP contribution in [-0.2, 0) is 0 Å². The number of halogens is 3. The van der Waals surface area contributed by atoms with Gasteiger partial charge >= 0.3 is 0 Å². The average Bonchev–Trinajstić information content (AvgIpc) is 2.95. The monoisotopic (exact) mass is 358 g/mol. The van der Waals surface area contributed by atoms with Crippen LogP contribution in [0.1, 0.15) is 5.56 Å². The molecule has 0 aliphatic heterocycles. The Kier molecular flexibility index (Phi) is 3.88. The number of aromatic nitrogens is 1. The van der Waals surface area contributed by atoms with Crippen LogP contribution < -0.4 is 5.73 Å². The first kappa shape index (κ1) is 14.7. The molecule has 0 atom stereocenters. The first-order valence-electron chi connectivity index (χ1n) is 5.93. The molecule has 2 N–H and O–H groups in total. The molecule has 0 spiro atoms. The summed E-state index contributed by atoms with van der Waals surface area (Å²) in [7, 11) is 0. The second-order valence-electron chi connectivity index (χ2n) is 4.46. The number of benzene rings is 1. The molecule has 0 radical (unpaired) electrons. The van der Waals surface area contributed by atoms with Crippen molar-refractivity contribution < 1.29 is 4.52 Å². The number of hydrogen-bond donors (Lipinski definition) is 1. The Balaban J connectivity index is 2.24. The van der Waals surface area contributed by atoms with Crippen LogP contribution in [0.2, 0.25) is 15.1 Å². The predicted octanol–water partition coefficient (Wildman–Crippen LogP) is 5.92. The van der Waals surface area contributed by atoms with E-state index in [4.69, 9.17) is 45.1 Å². The van der Waals surface area contributed by atoms with Gasteiger partial charge in [-0.1, -0.05) is 46.0 Å². The SMILES string of the molecule is Cc1csc(-c2noc(N)c2-c2ccc(Cl)cc2Cl)c1Cl. The summed E-state index contributed by atoms with van der Waals surface area (Å²) in [5.41, 5.74) is 8.81. The molecular formula is C14H9Cl3N2OS. The van der Waals surface area contributed by atoms with Gasteiger partial charge in [0, 0.05) is 10.6 Å². The van der Waals surface area contributed by atoms with Gasteiger partial charge < -0.3 is 10.3 Å². The number of nitrogens with two attached hydrogens (primary N) is 1. The molecule has 108 valence electrons. The first-order valence-corrected chi connectivity index (χ1v) is 7.95. The Morgan fingerprint density at radius 1 is 1.24 bits per heavy atom. The minimum atomic E-state index is 0.191. The number of rotatable bonds is 2. The summed E-state index contributed by atoms with van der Waals surface area (Å²) in [4.78, 5) is 0.802. The average molecular weight is 360 g/mol. The van der Waals surface area contributed by atoms with Crippen LogP contribution in [0.25, 0.3) is 21.7 Å². The number of thiophene rings is 1. The third-order valence-corrected chi connectivity index (χ3v) is 5.28. The zero-order valence-electron chi connectivity index (χ0n) is 10.8. The smallest absolute Gasteiger partial charge is 0.230 e. The maximum Gasteiger partial charge on any atom is 0.230 e. The molecule has 0 fully saturated rings. The third-order valence-electron chi connectivity index (χ3n) is 3.03. The van der Waals surface area contributed by atoms with Crippen LogP contribution in [0.15, 0.2) is 28.1 Å². The van der Waals surface area contributed by atoms with Gasteiger partial charge in [-0.05, 0) is 30.0 Å². The van der Waals surface area contributed by atoms with E-state index in [0.717, 1.165) is 10.4 Å². The highest BCUT2D eigenvalue weighted by atomic mass is 35.5. The maximum atomic E-state index is 6.31. The van der Waals surface area contributed by atoms with E-state index in [1.165, 1.54) is 11.3 Å². The number of nitrogens with zero attached hydrogens (tertiary/aromatic N) is 1. The van der Waals surface area contributed by atoms with Crippen molar-refractivity contribution >= 4 is 52.0 Å². The van der Waals surface area contributed by atoms with Crippen molar-refractivity contribution in [1.29, 1.82) is 0 Å². The summed E-state index contributed by atoms with van der Waals surface area (Å²) in [5, 5.41) is 7.65. The first-order chi connectivity index (χ1) is 9.99. The minimum absolute atomic E-state index is 0.191. The van der Waals surface area contributed by atoms with E-state index in [-0.39, 0.29) is 5.88 Å². The number of hydrogen-bond acceptors (Lipinski definition) is 4. The van der Waals surface area contributed by atoms with Gasteiger partial charge in [0.2, 0.25) is 5.88 Å². The van der Waals surface area contributed by atoms with Crippen molar-refractivity contribution in [2.45, 2.75) is 6.92 Å². The molecule has 0 saturated carbocycles. The molecular weight excluding hydrogens is 351 g/mol. The van der Waals surface area contributed by atoms with Crippen molar-refractivity contribution in [2.75, 3.05) is 5.73 Å². The summed E-state index contributed by atoms with van der Waals surface area (Å²) >= 11 is 20.0. The normalized spacial score (nSPS) is 11.0. The van der Waals surface area contributed by atoms with E-state index >= 15 is 0 Å². The number of anilines is 1. The standard InChI is InChI=1S/C14H9Cl3N2OS/c1-6-5-21-13(11(6)17)12-10(14(18)20-19-12)8-3-2-7(15)4-9(8)16/h2-5H,18H2,1H3. The molecule has 1 aromatic carbocycles. The fourth-order valence-electron chi connectivity index (χ4n) is 2.00. The molecule has 0 aliphatic rings. The fraction of sp³-hybridized carbons (Fsp3) is 0.0714. The molecule has 2 heterocycles. The van der Waals surface area contributed by atoms with Crippen molar-refractivity contribution in [1.82, 2.24) is 5.16 Å². The maximum absolute atomic E-state index is 6.31. The molecule has 7 heteroatoms. The Morgan fingerprint density at radius 2 is 2.00 bits per heavy atom. The zero-order valence-corrected chi connectivity index (χ0v) is 13.9. The van der Waals surface area contributed by atoms with E-state index in [2.05, 4.69) is 5.16 Å². The van der Waals surface area contributed by atoms with Crippen LogP contribution in [0.4, 0.5) is 5.88 Å². The summed E-state index contributed by atoms with van der Waals surface area (Å²) < 4.78 is 5.14. The van der Waals surface area contributed by atoms with E-state index in [1.54, 1.807) is 18.2 Å². The highest BCUT2D eigenvalue weighted by Crippen LogP contribution is 2.45. The van der Waals surface area contributed by atoms with Crippen LogP contribution in [-0.4, -0.2) is 5.16 Å². The largest absolute Gasteiger partial charge is 0.367 e. The number of aryl methyl sites for hydroxylation is 1. The van der Waals surface area contributed by atoms with Gasteiger partial charge in [-0.25, -0.2) is 0 Å². The highest BCUT2D eigenvalue weighted by Gasteiger charge is 2.23. The summed E-state index contributed by atoms with van der Waals surface area (Å²) in [6.45, 7) is 1.93. The van der Waals surface area contributed by atoms with E-state index in [0.29, 0.717) is 31.9 Å². The van der Waals surface area contributed by atoms with Gasteiger partial charge in [-0.15, -0.1) is 11.3 Å². The molecule has 3 nitrogen and oxygen atoms in total.